The molecule has 0 amide bonds. The number of hydrogen-bond acceptors (Lipinski definition) is 4. The Balaban J connectivity index is 1.49. The predicted octanol–water partition coefficient (Wildman–Crippen LogP) is 6.36. The quantitative estimate of drug-likeness (QED) is 0.442. The lowest BCUT2D eigenvalue weighted by Gasteiger charge is -2.29. The van der Waals surface area contributed by atoms with Crippen LogP contribution in [-0.4, -0.2) is 35.0 Å². The highest BCUT2D eigenvalue weighted by molar-refractivity contribution is 6.33. The first kappa shape index (κ1) is 22.4. The van der Waals surface area contributed by atoms with E-state index in [4.69, 9.17) is 11.6 Å². The molecule has 0 radical (unpaired) electrons. The van der Waals surface area contributed by atoms with Crippen molar-refractivity contribution >= 4 is 17.3 Å². The number of pyridine rings is 1. The first-order chi connectivity index (χ1) is 15.1. The summed E-state index contributed by atoms with van der Waals surface area (Å²) >= 11 is 6.33. The van der Waals surface area contributed by atoms with E-state index < -0.39 is 6.36 Å². The fourth-order valence-electron chi connectivity index (χ4n) is 3.92. The first-order valence-electron chi connectivity index (χ1n) is 10.2. The Morgan fingerprint density at radius 3 is 2.47 bits per heavy atom. The first-order valence-corrected chi connectivity index (χ1v) is 10.5. The molecule has 1 aliphatic heterocycles. The Morgan fingerprint density at radius 1 is 1.06 bits per heavy atom. The van der Waals surface area contributed by atoms with Gasteiger partial charge < -0.3 is 9.64 Å². The topological polar surface area (TPSA) is 28.6 Å². The fraction of sp³-hybridized carbons (Fsp3) is 0.292. The van der Waals surface area contributed by atoms with Gasteiger partial charge in [-0.25, -0.2) is 0 Å². The summed E-state index contributed by atoms with van der Waals surface area (Å²) in [7, 11) is 0. The molecule has 3 aromatic rings. The van der Waals surface area contributed by atoms with Gasteiger partial charge in [-0.2, -0.15) is 0 Å². The van der Waals surface area contributed by atoms with Crippen molar-refractivity contribution < 1.29 is 17.9 Å². The van der Waals surface area contributed by atoms with Gasteiger partial charge in [0.2, 0.25) is 0 Å². The minimum absolute atomic E-state index is 0.130. The molecule has 32 heavy (non-hydrogen) atoms. The Kier molecular flexibility index (Phi) is 6.05. The number of halogens is 4. The largest absolute Gasteiger partial charge is 0.573 e. The summed E-state index contributed by atoms with van der Waals surface area (Å²) in [6.07, 6.45) is -2.91. The Hall–Kier alpha value is -2.77. The van der Waals surface area contributed by atoms with E-state index in [1.54, 1.807) is 18.3 Å². The predicted molar refractivity (Wildman–Crippen MR) is 120 cm³/mol. The summed E-state index contributed by atoms with van der Waals surface area (Å²) in [6.45, 7) is 6.42. The smallest absolute Gasteiger partial charge is 0.406 e. The molecule has 0 aliphatic carbocycles. The minimum atomic E-state index is -4.69. The van der Waals surface area contributed by atoms with E-state index >= 15 is 0 Å². The molecule has 8 heteroatoms. The normalized spacial score (nSPS) is 16.4. The van der Waals surface area contributed by atoms with Gasteiger partial charge >= 0.3 is 6.36 Å². The van der Waals surface area contributed by atoms with Crippen molar-refractivity contribution in [1.29, 1.82) is 0 Å². The molecule has 2 heterocycles. The number of aromatic nitrogens is 1. The zero-order valence-corrected chi connectivity index (χ0v) is 18.5. The van der Waals surface area contributed by atoms with Crippen LogP contribution in [0.3, 0.4) is 0 Å². The second-order valence-corrected chi connectivity index (χ2v) is 8.83. The third-order valence-corrected chi connectivity index (χ3v) is 5.89. The molecule has 4 rings (SSSR count). The van der Waals surface area contributed by atoms with E-state index in [1.165, 1.54) is 12.1 Å². The summed E-state index contributed by atoms with van der Waals surface area (Å²) in [5.74, 6) is -0.222. The fourth-order valence-corrected chi connectivity index (χ4v) is 4.15. The number of alkyl halides is 3. The van der Waals surface area contributed by atoms with Crippen molar-refractivity contribution in [2.24, 2.45) is 0 Å². The highest BCUT2D eigenvalue weighted by atomic mass is 35.5. The average molecular weight is 462 g/mol. The molecule has 2 aromatic carbocycles. The van der Waals surface area contributed by atoms with Gasteiger partial charge in [-0.05, 0) is 61.9 Å². The molecule has 1 aromatic heterocycles. The highest BCUT2D eigenvalue weighted by Crippen LogP contribution is 2.33. The molecule has 4 nitrogen and oxygen atoms in total. The van der Waals surface area contributed by atoms with Gasteiger partial charge in [0.25, 0.3) is 0 Å². The maximum Gasteiger partial charge on any atom is 0.573 e. The lowest BCUT2D eigenvalue weighted by Crippen LogP contribution is -2.39. The van der Waals surface area contributed by atoms with E-state index in [2.05, 4.69) is 33.4 Å². The van der Waals surface area contributed by atoms with E-state index in [9.17, 15) is 13.2 Å². The van der Waals surface area contributed by atoms with Crippen LogP contribution >= 0.6 is 11.6 Å². The van der Waals surface area contributed by atoms with Crippen LogP contribution in [0.25, 0.3) is 11.3 Å². The van der Waals surface area contributed by atoms with Crippen molar-refractivity contribution in [1.82, 2.24) is 9.88 Å². The van der Waals surface area contributed by atoms with Crippen molar-refractivity contribution in [3.8, 4) is 17.0 Å². The van der Waals surface area contributed by atoms with Gasteiger partial charge in [0.15, 0.2) is 0 Å². The van der Waals surface area contributed by atoms with Crippen LogP contribution in [0, 0.1) is 0 Å². The molecule has 1 saturated heterocycles. The molecule has 0 bridgehead atoms. The van der Waals surface area contributed by atoms with Gasteiger partial charge in [0.05, 0.1) is 12.4 Å². The number of nitrogens with zero attached hydrogens (tertiary/aromatic N) is 3. The summed E-state index contributed by atoms with van der Waals surface area (Å²) < 4.78 is 41.2. The Bertz CT molecular complexity index is 1090. The lowest BCUT2D eigenvalue weighted by atomic mass is 10.0. The second kappa shape index (κ2) is 8.64. The molecule has 1 fully saturated rings. The molecule has 0 spiro atoms. The maximum atomic E-state index is 12.4. The van der Waals surface area contributed by atoms with Crippen LogP contribution in [0.15, 0.2) is 66.9 Å². The molecular weight excluding hydrogens is 439 g/mol. The van der Waals surface area contributed by atoms with Gasteiger partial charge in [-0.15, -0.1) is 13.2 Å². The standard InChI is InChI=1S/C24H23ClF3N3O/c1-23(2)15-30(18-7-9-19(10-8-18)32-24(26,27)28)16-31(23)14-17-11-12-29-22(13-17)20-5-3-4-6-21(20)25/h3-13H,14-16H2,1-2H3. The minimum Gasteiger partial charge on any atom is -0.406 e. The zero-order valence-electron chi connectivity index (χ0n) is 17.7. The van der Waals surface area contributed by atoms with Crippen LogP contribution in [0.1, 0.15) is 19.4 Å². The van der Waals surface area contributed by atoms with Gasteiger partial charge in [0, 0.05) is 41.1 Å². The zero-order chi connectivity index (χ0) is 22.9. The van der Waals surface area contributed by atoms with Crippen LogP contribution in [-0.2, 0) is 6.54 Å². The van der Waals surface area contributed by atoms with Gasteiger partial charge in [0.1, 0.15) is 5.75 Å². The molecule has 0 atom stereocenters. The molecule has 0 saturated carbocycles. The van der Waals surface area contributed by atoms with Gasteiger partial charge in [-0.1, -0.05) is 29.8 Å². The molecule has 0 unspecified atom stereocenters. The molecular formula is C24H23ClF3N3O. The van der Waals surface area contributed by atoms with Crippen LogP contribution in [0.2, 0.25) is 5.02 Å². The Morgan fingerprint density at radius 2 is 1.78 bits per heavy atom. The number of ether oxygens (including phenoxy) is 1. The average Bonchev–Trinajstić information content (AvgIpc) is 3.02. The van der Waals surface area contributed by atoms with Crippen LogP contribution in [0.5, 0.6) is 5.75 Å². The Labute approximate surface area is 190 Å². The summed E-state index contributed by atoms with van der Waals surface area (Å²) in [5, 5.41) is 0.655. The third-order valence-electron chi connectivity index (χ3n) is 5.56. The van der Waals surface area contributed by atoms with Crippen molar-refractivity contribution in [3.05, 3.63) is 77.4 Å². The van der Waals surface area contributed by atoms with Gasteiger partial charge in [-0.3, -0.25) is 9.88 Å². The number of rotatable bonds is 5. The number of hydrogen-bond donors (Lipinski definition) is 0. The molecule has 0 N–H and O–H groups in total. The van der Waals surface area contributed by atoms with Crippen molar-refractivity contribution in [2.45, 2.75) is 32.3 Å². The number of benzene rings is 2. The lowest BCUT2D eigenvalue weighted by molar-refractivity contribution is -0.274. The van der Waals surface area contributed by atoms with Crippen LogP contribution in [0.4, 0.5) is 18.9 Å². The van der Waals surface area contributed by atoms with Crippen molar-refractivity contribution in [3.63, 3.8) is 0 Å². The SMILES string of the molecule is CC1(C)CN(c2ccc(OC(F)(F)F)cc2)CN1Cc1ccnc(-c2ccccc2Cl)c1. The summed E-state index contributed by atoms with van der Waals surface area (Å²) in [4.78, 5) is 8.95. The monoisotopic (exact) mass is 461 g/mol. The second-order valence-electron chi connectivity index (χ2n) is 8.42. The van der Waals surface area contributed by atoms with Crippen LogP contribution < -0.4 is 9.64 Å². The maximum absolute atomic E-state index is 12.4. The number of anilines is 1. The van der Waals surface area contributed by atoms with E-state index in [1.807, 2.05) is 36.4 Å². The van der Waals surface area contributed by atoms with E-state index in [-0.39, 0.29) is 11.3 Å². The molecule has 168 valence electrons. The van der Waals surface area contributed by atoms with E-state index in [0.717, 1.165) is 29.1 Å². The summed E-state index contributed by atoms with van der Waals surface area (Å²) in [6, 6.07) is 17.6. The highest BCUT2D eigenvalue weighted by Gasteiger charge is 2.37. The van der Waals surface area contributed by atoms with E-state index in [0.29, 0.717) is 18.2 Å². The summed E-state index contributed by atoms with van der Waals surface area (Å²) in [5.41, 5.74) is 3.54. The third kappa shape index (κ3) is 5.16. The van der Waals surface area contributed by atoms with Crippen molar-refractivity contribution in [2.75, 3.05) is 18.1 Å². The molecule has 1 aliphatic rings.